The number of nitrogens with one attached hydrogen (secondary N) is 1. The molecular weight excluding hydrogens is 176 g/mol. The van der Waals surface area contributed by atoms with E-state index in [1.807, 2.05) is 0 Å². The van der Waals surface area contributed by atoms with E-state index in [4.69, 9.17) is 4.74 Å². The van der Waals surface area contributed by atoms with Gasteiger partial charge >= 0.3 is 0 Å². The Labute approximate surface area is 86.8 Å². The van der Waals surface area contributed by atoms with Crippen molar-refractivity contribution in [3.63, 3.8) is 0 Å². The van der Waals surface area contributed by atoms with Gasteiger partial charge in [0, 0.05) is 6.54 Å². The Bertz CT molecular complexity index is 161. The van der Waals surface area contributed by atoms with E-state index in [2.05, 4.69) is 17.1 Å². The summed E-state index contributed by atoms with van der Waals surface area (Å²) in [6.45, 7) is 7.98. The number of hydrogen-bond acceptors (Lipinski definition) is 3. The third-order valence-corrected chi connectivity index (χ3v) is 3.49. The Kier molecular flexibility index (Phi) is 3.79. The highest BCUT2D eigenvalue weighted by Gasteiger charge is 2.23. The van der Waals surface area contributed by atoms with Crippen LogP contribution in [0.5, 0.6) is 0 Å². The maximum Gasteiger partial charge on any atom is 0.108 e. The number of hydrogen-bond donors (Lipinski definition) is 1. The van der Waals surface area contributed by atoms with Crippen molar-refractivity contribution in [3.05, 3.63) is 0 Å². The molecule has 14 heavy (non-hydrogen) atoms. The van der Waals surface area contributed by atoms with Crippen LogP contribution in [0.25, 0.3) is 0 Å². The van der Waals surface area contributed by atoms with Gasteiger partial charge < -0.3 is 9.64 Å². The summed E-state index contributed by atoms with van der Waals surface area (Å²) in [5.74, 6) is 0.883. The van der Waals surface area contributed by atoms with Crippen molar-refractivity contribution < 1.29 is 4.74 Å². The SMILES string of the molecule is CCN1CCC(CC2NCCO2)CC1. The van der Waals surface area contributed by atoms with Gasteiger partial charge in [-0.1, -0.05) is 6.92 Å². The van der Waals surface area contributed by atoms with Crippen LogP contribution < -0.4 is 5.32 Å². The molecule has 2 heterocycles. The van der Waals surface area contributed by atoms with Gasteiger partial charge in [0.2, 0.25) is 0 Å². The van der Waals surface area contributed by atoms with E-state index < -0.39 is 0 Å². The molecule has 2 saturated heterocycles. The Morgan fingerprint density at radius 1 is 1.36 bits per heavy atom. The van der Waals surface area contributed by atoms with Crippen LogP contribution in [-0.4, -0.2) is 43.9 Å². The van der Waals surface area contributed by atoms with Crippen molar-refractivity contribution in [2.75, 3.05) is 32.8 Å². The summed E-state index contributed by atoms with van der Waals surface area (Å²) in [5.41, 5.74) is 0. The van der Waals surface area contributed by atoms with Crippen LogP contribution >= 0.6 is 0 Å². The molecule has 2 aliphatic rings. The smallest absolute Gasteiger partial charge is 0.108 e. The Balaban J connectivity index is 1.67. The molecule has 82 valence electrons. The van der Waals surface area contributed by atoms with E-state index in [-0.39, 0.29) is 0 Å². The summed E-state index contributed by atoms with van der Waals surface area (Å²) < 4.78 is 5.58. The van der Waals surface area contributed by atoms with Gasteiger partial charge in [-0.15, -0.1) is 0 Å². The van der Waals surface area contributed by atoms with Crippen molar-refractivity contribution >= 4 is 0 Å². The molecule has 1 unspecified atom stereocenters. The number of nitrogens with zero attached hydrogens (tertiary/aromatic N) is 1. The average Bonchev–Trinajstić information content (AvgIpc) is 2.72. The molecule has 2 aliphatic heterocycles. The highest BCUT2D eigenvalue weighted by molar-refractivity contribution is 4.75. The normalized spacial score (nSPS) is 31.1. The molecule has 3 nitrogen and oxygen atoms in total. The van der Waals surface area contributed by atoms with Crippen molar-refractivity contribution in [1.29, 1.82) is 0 Å². The predicted molar refractivity (Wildman–Crippen MR) is 57.2 cm³/mol. The quantitative estimate of drug-likeness (QED) is 0.733. The Morgan fingerprint density at radius 3 is 2.71 bits per heavy atom. The van der Waals surface area contributed by atoms with E-state index in [9.17, 15) is 0 Å². The largest absolute Gasteiger partial charge is 0.362 e. The van der Waals surface area contributed by atoms with Crippen LogP contribution in [0.1, 0.15) is 26.2 Å². The lowest BCUT2D eigenvalue weighted by Gasteiger charge is -2.31. The summed E-state index contributed by atoms with van der Waals surface area (Å²) in [6.07, 6.45) is 4.29. The number of ether oxygens (including phenoxy) is 1. The fourth-order valence-electron chi connectivity index (χ4n) is 2.47. The van der Waals surface area contributed by atoms with E-state index in [0.29, 0.717) is 6.23 Å². The van der Waals surface area contributed by atoms with Crippen LogP contribution in [0.15, 0.2) is 0 Å². The second kappa shape index (κ2) is 5.10. The minimum absolute atomic E-state index is 0.355. The molecular formula is C11H22N2O. The number of rotatable bonds is 3. The first-order valence-corrected chi connectivity index (χ1v) is 5.96. The lowest BCUT2D eigenvalue weighted by atomic mass is 9.93. The topological polar surface area (TPSA) is 24.5 Å². The van der Waals surface area contributed by atoms with E-state index in [0.717, 1.165) is 19.1 Å². The fraction of sp³-hybridized carbons (Fsp3) is 1.00. The van der Waals surface area contributed by atoms with Crippen molar-refractivity contribution in [2.24, 2.45) is 5.92 Å². The first-order valence-electron chi connectivity index (χ1n) is 5.96. The molecule has 0 bridgehead atoms. The molecule has 1 atom stereocenters. The first kappa shape index (κ1) is 10.4. The zero-order valence-electron chi connectivity index (χ0n) is 9.17. The molecule has 3 heteroatoms. The van der Waals surface area contributed by atoms with Gasteiger partial charge in [0.15, 0.2) is 0 Å². The fourth-order valence-corrected chi connectivity index (χ4v) is 2.47. The zero-order valence-corrected chi connectivity index (χ0v) is 9.17. The predicted octanol–water partition coefficient (Wildman–Crippen LogP) is 1.05. The third kappa shape index (κ3) is 2.69. The molecule has 1 N–H and O–H groups in total. The van der Waals surface area contributed by atoms with Crippen LogP contribution in [0.2, 0.25) is 0 Å². The van der Waals surface area contributed by atoms with Crippen LogP contribution in [0.4, 0.5) is 0 Å². The average molecular weight is 198 g/mol. The molecule has 0 spiro atoms. The molecule has 0 radical (unpaired) electrons. The molecule has 2 rings (SSSR count). The Hall–Kier alpha value is -0.120. The monoisotopic (exact) mass is 198 g/mol. The van der Waals surface area contributed by atoms with Crippen LogP contribution in [0.3, 0.4) is 0 Å². The molecule has 2 fully saturated rings. The zero-order chi connectivity index (χ0) is 9.80. The van der Waals surface area contributed by atoms with E-state index >= 15 is 0 Å². The highest BCUT2D eigenvalue weighted by atomic mass is 16.5. The molecule has 0 amide bonds. The molecule has 0 aromatic carbocycles. The maximum absolute atomic E-state index is 5.58. The summed E-state index contributed by atoms with van der Waals surface area (Å²) in [5, 5.41) is 3.39. The minimum atomic E-state index is 0.355. The van der Waals surface area contributed by atoms with Gasteiger partial charge in [0.25, 0.3) is 0 Å². The van der Waals surface area contributed by atoms with Gasteiger partial charge in [-0.2, -0.15) is 0 Å². The second-order valence-electron chi connectivity index (χ2n) is 4.43. The second-order valence-corrected chi connectivity index (χ2v) is 4.43. The van der Waals surface area contributed by atoms with E-state index in [1.165, 1.54) is 38.9 Å². The lowest BCUT2D eigenvalue weighted by molar-refractivity contribution is 0.0649. The molecule has 0 aromatic heterocycles. The Morgan fingerprint density at radius 2 is 2.14 bits per heavy atom. The molecule has 0 saturated carbocycles. The van der Waals surface area contributed by atoms with Gasteiger partial charge in [0.05, 0.1) is 6.61 Å². The maximum atomic E-state index is 5.58. The van der Waals surface area contributed by atoms with Gasteiger partial charge in [-0.05, 0) is 44.8 Å². The van der Waals surface area contributed by atoms with Gasteiger partial charge in [-0.25, -0.2) is 0 Å². The number of piperidine rings is 1. The minimum Gasteiger partial charge on any atom is -0.362 e. The molecule has 0 aliphatic carbocycles. The van der Waals surface area contributed by atoms with Crippen LogP contribution in [-0.2, 0) is 4.74 Å². The third-order valence-electron chi connectivity index (χ3n) is 3.49. The number of likely N-dealkylation sites (tertiary alicyclic amines) is 1. The van der Waals surface area contributed by atoms with Gasteiger partial charge in [-0.3, -0.25) is 5.32 Å². The summed E-state index contributed by atoms with van der Waals surface area (Å²) in [4.78, 5) is 2.54. The van der Waals surface area contributed by atoms with Crippen molar-refractivity contribution in [3.8, 4) is 0 Å². The van der Waals surface area contributed by atoms with Gasteiger partial charge in [0.1, 0.15) is 6.23 Å². The van der Waals surface area contributed by atoms with Crippen molar-refractivity contribution in [2.45, 2.75) is 32.4 Å². The van der Waals surface area contributed by atoms with E-state index in [1.54, 1.807) is 0 Å². The highest BCUT2D eigenvalue weighted by Crippen LogP contribution is 2.22. The van der Waals surface area contributed by atoms with Crippen molar-refractivity contribution in [1.82, 2.24) is 10.2 Å². The summed E-state index contributed by atoms with van der Waals surface area (Å²) in [7, 11) is 0. The standard InChI is InChI=1S/C11H22N2O/c1-2-13-6-3-10(4-7-13)9-11-12-5-8-14-11/h10-12H,2-9H2,1H3. The summed E-state index contributed by atoms with van der Waals surface area (Å²) >= 11 is 0. The first-order chi connectivity index (χ1) is 6.88. The summed E-state index contributed by atoms with van der Waals surface area (Å²) in [6, 6.07) is 0. The molecule has 0 aromatic rings. The lowest BCUT2D eigenvalue weighted by Crippen LogP contribution is -2.36. The van der Waals surface area contributed by atoms with Crippen LogP contribution in [0, 0.1) is 5.92 Å².